The number of hydrogen-bond donors (Lipinski definition) is 1. The Labute approximate surface area is 125 Å². The lowest BCUT2D eigenvalue weighted by Crippen LogP contribution is -2.38. The Morgan fingerprint density at radius 3 is 2.62 bits per heavy atom. The molecule has 0 aliphatic carbocycles. The van der Waals surface area contributed by atoms with Gasteiger partial charge < -0.3 is 10.1 Å². The standard InChI is InChI=1S/C11H20F3N5OS/c1-10(2,3)15-4-5-19-9(16-17-18-19)21-7-6-20-8-11(12,13)14/h15H,4-8H2,1-3H3. The van der Waals surface area contributed by atoms with E-state index in [1.165, 1.54) is 11.8 Å². The second-order valence-corrected chi connectivity index (χ2v) is 6.44. The summed E-state index contributed by atoms with van der Waals surface area (Å²) in [4.78, 5) is 0. The van der Waals surface area contributed by atoms with Gasteiger partial charge in [0, 0.05) is 17.8 Å². The van der Waals surface area contributed by atoms with Gasteiger partial charge in [-0.15, -0.1) is 5.10 Å². The van der Waals surface area contributed by atoms with Crippen molar-refractivity contribution in [1.82, 2.24) is 25.5 Å². The van der Waals surface area contributed by atoms with Gasteiger partial charge in [-0.25, -0.2) is 4.68 Å². The first-order chi connectivity index (χ1) is 9.67. The average molecular weight is 327 g/mol. The van der Waals surface area contributed by atoms with E-state index in [4.69, 9.17) is 0 Å². The molecule has 10 heteroatoms. The number of halogens is 3. The molecule has 0 atom stereocenters. The molecule has 21 heavy (non-hydrogen) atoms. The predicted molar refractivity (Wildman–Crippen MR) is 73.2 cm³/mol. The number of rotatable bonds is 8. The topological polar surface area (TPSA) is 64.9 Å². The number of tetrazole rings is 1. The maximum absolute atomic E-state index is 11.9. The number of ether oxygens (including phenoxy) is 1. The summed E-state index contributed by atoms with van der Waals surface area (Å²) < 4.78 is 41.8. The number of nitrogens with one attached hydrogen (secondary N) is 1. The molecule has 0 aliphatic heterocycles. The number of nitrogens with zero attached hydrogens (tertiary/aromatic N) is 4. The van der Waals surface area contributed by atoms with Crippen LogP contribution in [0.1, 0.15) is 20.8 Å². The van der Waals surface area contributed by atoms with E-state index < -0.39 is 12.8 Å². The summed E-state index contributed by atoms with van der Waals surface area (Å²) in [6.45, 7) is 6.23. The number of alkyl halides is 3. The van der Waals surface area contributed by atoms with Gasteiger partial charge in [-0.05, 0) is 31.2 Å². The Kier molecular flexibility index (Phi) is 6.88. The van der Waals surface area contributed by atoms with E-state index in [0.29, 0.717) is 24.0 Å². The SMILES string of the molecule is CC(C)(C)NCCn1nnnc1SCCOCC(F)(F)F. The highest BCUT2D eigenvalue weighted by molar-refractivity contribution is 7.99. The van der Waals surface area contributed by atoms with Crippen LogP contribution in [-0.4, -0.2) is 57.4 Å². The van der Waals surface area contributed by atoms with Crippen LogP contribution in [0.2, 0.25) is 0 Å². The van der Waals surface area contributed by atoms with Crippen LogP contribution in [0.15, 0.2) is 5.16 Å². The second-order valence-electron chi connectivity index (χ2n) is 5.38. The van der Waals surface area contributed by atoms with Crippen molar-refractivity contribution >= 4 is 11.8 Å². The smallest absolute Gasteiger partial charge is 0.371 e. The van der Waals surface area contributed by atoms with Crippen LogP contribution in [0.25, 0.3) is 0 Å². The van der Waals surface area contributed by atoms with Gasteiger partial charge in [0.2, 0.25) is 5.16 Å². The van der Waals surface area contributed by atoms with Crippen LogP contribution < -0.4 is 5.32 Å². The zero-order valence-corrected chi connectivity index (χ0v) is 13.1. The first kappa shape index (κ1) is 18.2. The first-order valence-electron chi connectivity index (χ1n) is 6.46. The molecule has 0 amide bonds. The molecule has 0 fully saturated rings. The van der Waals surface area contributed by atoms with E-state index in [1.807, 2.05) is 0 Å². The molecule has 1 aromatic heterocycles. The fourth-order valence-corrected chi connectivity index (χ4v) is 2.11. The Bertz CT molecular complexity index is 419. The lowest BCUT2D eigenvalue weighted by molar-refractivity contribution is -0.172. The van der Waals surface area contributed by atoms with Gasteiger partial charge in [0.05, 0.1) is 13.2 Å². The van der Waals surface area contributed by atoms with E-state index >= 15 is 0 Å². The van der Waals surface area contributed by atoms with Crippen molar-refractivity contribution in [3.05, 3.63) is 0 Å². The van der Waals surface area contributed by atoms with E-state index in [9.17, 15) is 13.2 Å². The molecule has 0 saturated carbocycles. The quantitative estimate of drug-likeness (QED) is 0.579. The highest BCUT2D eigenvalue weighted by Crippen LogP contribution is 2.16. The highest BCUT2D eigenvalue weighted by atomic mass is 32.2. The summed E-state index contributed by atoms with van der Waals surface area (Å²) in [5, 5.41) is 15.1. The highest BCUT2D eigenvalue weighted by Gasteiger charge is 2.27. The van der Waals surface area contributed by atoms with Gasteiger partial charge in [0.1, 0.15) is 6.61 Å². The molecule has 0 bridgehead atoms. The Balaban J connectivity index is 2.25. The zero-order chi connectivity index (χ0) is 15.9. The minimum absolute atomic E-state index is 0.00270. The predicted octanol–water partition coefficient (Wildman–Crippen LogP) is 1.73. The third-order valence-corrected chi connectivity index (χ3v) is 3.12. The molecule has 0 unspecified atom stereocenters. The summed E-state index contributed by atoms with van der Waals surface area (Å²) in [7, 11) is 0. The monoisotopic (exact) mass is 327 g/mol. The van der Waals surface area contributed by atoms with E-state index in [2.05, 4.69) is 46.4 Å². The molecule has 0 aromatic carbocycles. The van der Waals surface area contributed by atoms with Gasteiger partial charge in [-0.2, -0.15) is 13.2 Å². The molecule has 1 rings (SSSR count). The van der Waals surface area contributed by atoms with Gasteiger partial charge in [-0.1, -0.05) is 11.8 Å². The van der Waals surface area contributed by atoms with Crippen molar-refractivity contribution in [2.45, 2.75) is 44.2 Å². The molecular weight excluding hydrogens is 307 g/mol. The number of hydrogen-bond acceptors (Lipinski definition) is 6. The number of thioether (sulfide) groups is 1. The summed E-state index contributed by atoms with van der Waals surface area (Å²) in [5.74, 6) is 0.364. The van der Waals surface area contributed by atoms with Crippen LogP contribution in [0.3, 0.4) is 0 Å². The molecule has 6 nitrogen and oxygen atoms in total. The van der Waals surface area contributed by atoms with Crippen molar-refractivity contribution < 1.29 is 17.9 Å². The van der Waals surface area contributed by atoms with Crippen LogP contribution >= 0.6 is 11.8 Å². The Morgan fingerprint density at radius 2 is 2.00 bits per heavy atom. The van der Waals surface area contributed by atoms with E-state index in [-0.39, 0.29) is 12.1 Å². The first-order valence-corrected chi connectivity index (χ1v) is 7.44. The van der Waals surface area contributed by atoms with Gasteiger partial charge in [0.25, 0.3) is 0 Å². The lowest BCUT2D eigenvalue weighted by atomic mass is 10.1. The third-order valence-electron chi connectivity index (χ3n) is 2.20. The van der Waals surface area contributed by atoms with Gasteiger partial charge in [0.15, 0.2) is 0 Å². The van der Waals surface area contributed by atoms with E-state index in [1.54, 1.807) is 4.68 Å². The molecule has 1 N–H and O–H groups in total. The van der Waals surface area contributed by atoms with E-state index in [0.717, 1.165) is 0 Å². The molecule has 0 radical (unpaired) electrons. The van der Waals surface area contributed by atoms with Gasteiger partial charge in [-0.3, -0.25) is 0 Å². The molecule has 0 saturated heterocycles. The third kappa shape index (κ3) is 8.89. The molecule has 122 valence electrons. The van der Waals surface area contributed by atoms with Crippen molar-refractivity contribution in [3.63, 3.8) is 0 Å². The van der Waals surface area contributed by atoms with Gasteiger partial charge >= 0.3 is 6.18 Å². The van der Waals surface area contributed by atoms with Crippen molar-refractivity contribution in [2.24, 2.45) is 0 Å². The molecule has 0 aliphatic rings. The maximum atomic E-state index is 11.9. The summed E-state index contributed by atoms with van der Waals surface area (Å²) >= 11 is 1.27. The molecule has 1 aromatic rings. The fraction of sp³-hybridized carbons (Fsp3) is 0.909. The zero-order valence-electron chi connectivity index (χ0n) is 12.3. The Hall–Kier alpha value is -0.870. The lowest BCUT2D eigenvalue weighted by Gasteiger charge is -2.20. The molecule has 0 spiro atoms. The summed E-state index contributed by atoms with van der Waals surface area (Å²) in [6.07, 6.45) is -4.29. The Morgan fingerprint density at radius 1 is 1.29 bits per heavy atom. The second kappa shape index (κ2) is 7.95. The minimum Gasteiger partial charge on any atom is -0.371 e. The van der Waals surface area contributed by atoms with Crippen LogP contribution in [0.5, 0.6) is 0 Å². The normalized spacial score (nSPS) is 12.9. The molecule has 1 heterocycles. The number of aromatic nitrogens is 4. The van der Waals surface area contributed by atoms with Crippen molar-refractivity contribution in [2.75, 3.05) is 25.5 Å². The summed E-state index contributed by atoms with van der Waals surface area (Å²) in [5.41, 5.74) is 0.00670. The largest absolute Gasteiger partial charge is 0.411 e. The van der Waals surface area contributed by atoms with Crippen LogP contribution in [0, 0.1) is 0 Å². The van der Waals surface area contributed by atoms with Crippen LogP contribution in [0.4, 0.5) is 13.2 Å². The minimum atomic E-state index is -4.29. The van der Waals surface area contributed by atoms with Crippen LogP contribution in [-0.2, 0) is 11.3 Å². The summed E-state index contributed by atoms with van der Waals surface area (Å²) in [6, 6.07) is 0. The fourth-order valence-electron chi connectivity index (χ4n) is 1.36. The van der Waals surface area contributed by atoms with Crippen molar-refractivity contribution in [3.8, 4) is 0 Å². The maximum Gasteiger partial charge on any atom is 0.411 e. The molecular formula is C11H20F3N5OS. The average Bonchev–Trinajstić information content (AvgIpc) is 2.73. The van der Waals surface area contributed by atoms with Crippen molar-refractivity contribution in [1.29, 1.82) is 0 Å².